The highest BCUT2D eigenvalue weighted by Gasteiger charge is 2.29. The Balaban J connectivity index is 1.60. The fraction of sp³-hybridized carbons (Fsp3) is 0.500. The molecule has 7 nitrogen and oxygen atoms in total. The summed E-state index contributed by atoms with van der Waals surface area (Å²) < 4.78 is 11.5. The lowest BCUT2D eigenvalue weighted by atomic mass is 10.0. The summed E-state index contributed by atoms with van der Waals surface area (Å²) in [4.78, 5) is 16.9. The van der Waals surface area contributed by atoms with Gasteiger partial charge in [-0.05, 0) is 25.0 Å². The van der Waals surface area contributed by atoms with Crippen molar-refractivity contribution >= 4 is 5.91 Å². The summed E-state index contributed by atoms with van der Waals surface area (Å²) in [5, 5.41) is 9.99. The van der Waals surface area contributed by atoms with Crippen molar-refractivity contribution in [1.29, 1.82) is 0 Å². The summed E-state index contributed by atoms with van der Waals surface area (Å²) in [5.74, 6) is -0.115. The number of amides is 1. The third-order valence-corrected chi connectivity index (χ3v) is 4.25. The second kappa shape index (κ2) is 8.73. The van der Waals surface area contributed by atoms with E-state index in [0.717, 1.165) is 30.7 Å². The zero-order valence-corrected chi connectivity index (χ0v) is 14.4. The van der Waals surface area contributed by atoms with Gasteiger partial charge in [-0.2, -0.15) is 5.10 Å². The zero-order chi connectivity index (χ0) is 17.5. The molecule has 134 valence electrons. The lowest BCUT2D eigenvalue weighted by Gasteiger charge is -2.32. The van der Waals surface area contributed by atoms with Crippen LogP contribution in [0.15, 0.2) is 30.6 Å². The molecule has 2 aromatic heterocycles. The van der Waals surface area contributed by atoms with Gasteiger partial charge in [-0.25, -0.2) is 0 Å². The number of rotatable bonds is 7. The van der Waals surface area contributed by atoms with Crippen LogP contribution in [-0.4, -0.2) is 46.4 Å². The Bertz CT molecular complexity index is 674. The van der Waals surface area contributed by atoms with Crippen LogP contribution in [0.2, 0.25) is 0 Å². The van der Waals surface area contributed by atoms with Crippen LogP contribution < -0.4 is 5.32 Å². The van der Waals surface area contributed by atoms with Crippen molar-refractivity contribution in [1.82, 2.24) is 20.5 Å². The van der Waals surface area contributed by atoms with Crippen LogP contribution in [0.1, 0.15) is 41.5 Å². The number of nitrogens with one attached hydrogen (secondary N) is 2. The molecule has 2 atom stereocenters. The van der Waals surface area contributed by atoms with E-state index in [9.17, 15) is 4.79 Å². The van der Waals surface area contributed by atoms with Gasteiger partial charge in [0.15, 0.2) is 0 Å². The second-order valence-electron chi connectivity index (χ2n) is 6.13. The quantitative estimate of drug-likeness (QED) is 0.800. The highest BCUT2D eigenvalue weighted by Crippen LogP contribution is 2.15. The molecular weight excluding hydrogens is 320 g/mol. The van der Waals surface area contributed by atoms with E-state index in [2.05, 4.69) is 27.4 Å². The number of aromatic amines is 1. The minimum atomic E-state index is -0.193. The zero-order valence-electron chi connectivity index (χ0n) is 14.4. The van der Waals surface area contributed by atoms with Gasteiger partial charge in [0.1, 0.15) is 6.10 Å². The predicted molar refractivity (Wildman–Crippen MR) is 92.1 cm³/mol. The first-order valence-electron chi connectivity index (χ1n) is 8.70. The van der Waals surface area contributed by atoms with E-state index in [0.29, 0.717) is 25.4 Å². The molecule has 0 radical (unpaired) electrons. The van der Waals surface area contributed by atoms with E-state index in [1.807, 2.05) is 18.2 Å². The molecule has 2 aromatic rings. The lowest BCUT2D eigenvalue weighted by Crippen LogP contribution is -2.50. The second-order valence-corrected chi connectivity index (χ2v) is 6.13. The molecule has 0 aliphatic carbocycles. The van der Waals surface area contributed by atoms with Crippen molar-refractivity contribution in [3.63, 3.8) is 0 Å². The molecule has 2 N–H and O–H groups in total. The molecule has 1 fully saturated rings. The van der Waals surface area contributed by atoms with Crippen LogP contribution in [0, 0.1) is 0 Å². The molecule has 25 heavy (non-hydrogen) atoms. The largest absolute Gasteiger partial charge is 0.379 e. The van der Waals surface area contributed by atoms with Crippen LogP contribution in [-0.2, 0) is 22.5 Å². The fourth-order valence-corrected chi connectivity index (χ4v) is 2.91. The van der Waals surface area contributed by atoms with Gasteiger partial charge in [-0.3, -0.25) is 14.9 Å². The molecule has 0 aromatic carbocycles. The third-order valence-electron chi connectivity index (χ3n) is 4.25. The van der Waals surface area contributed by atoms with Gasteiger partial charge in [0.25, 0.3) is 5.91 Å². The van der Waals surface area contributed by atoms with Crippen LogP contribution in [0.25, 0.3) is 0 Å². The summed E-state index contributed by atoms with van der Waals surface area (Å²) in [6.07, 6.45) is 5.61. The molecule has 1 aliphatic rings. The molecule has 7 heteroatoms. The van der Waals surface area contributed by atoms with Gasteiger partial charge in [-0.15, -0.1) is 0 Å². The standard InChI is InChI=1S/C18H24N4O3/c1-2-5-15-14(10-20-22-15)18(23)21-16-7-9-24-12-17(16)25-11-13-6-3-4-8-19-13/h3-4,6,8,10,16-17H,2,5,7,9,11-12H2,1H3,(H,20,22)(H,21,23)/t16-,17-/m1/s1. The molecule has 0 bridgehead atoms. The molecule has 0 unspecified atom stereocenters. The summed E-state index contributed by atoms with van der Waals surface area (Å²) in [7, 11) is 0. The number of pyridine rings is 1. The number of carbonyl (C=O) groups excluding carboxylic acids is 1. The monoisotopic (exact) mass is 344 g/mol. The summed E-state index contributed by atoms with van der Waals surface area (Å²) >= 11 is 0. The summed E-state index contributed by atoms with van der Waals surface area (Å²) in [6.45, 7) is 3.54. The number of ether oxygens (including phenoxy) is 2. The van der Waals surface area contributed by atoms with Crippen molar-refractivity contribution in [2.45, 2.75) is 44.9 Å². The topological polar surface area (TPSA) is 89.1 Å². The lowest BCUT2D eigenvalue weighted by molar-refractivity contribution is -0.0743. The van der Waals surface area contributed by atoms with E-state index in [1.165, 1.54) is 0 Å². The minimum absolute atomic E-state index is 0.0886. The Morgan fingerprint density at radius 1 is 1.48 bits per heavy atom. The molecule has 3 heterocycles. The molecule has 1 saturated heterocycles. The maximum atomic E-state index is 12.6. The van der Waals surface area contributed by atoms with Crippen LogP contribution >= 0.6 is 0 Å². The first-order chi connectivity index (χ1) is 12.3. The van der Waals surface area contributed by atoms with Gasteiger partial charge in [0, 0.05) is 18.5 Å². The highest BCUT2D eigenvalue weighted by molar-refractivity contribution is 5.95. The minimum Gasteiger partial charge on any atom is -0.379 e. The number of hydrogen-bond acceptors (Lipinski definition) is 5. The fourth-order valence-electron chi connectivity index (χ4n) is 2.91. The van der Waals surface area contributed by atoms with Crippen molar-refractivity contribution in [3.8, 4) is 0 Å². The molecule has 1 amide bonds. The van der Waals surface area contributed by atoms with Crippen molar-refractivity contribution in [3.05, 3.63) is 47.5 Å². The number of aromatic nitrogens is 3. The summed E-state index contributed by atoms with van der Waals surface area (Å²) in [6, 6.07) is 5.63. The Hall–Kier alpha value is -2.25. The van der Waals surface area contributed by atoms with Crippen molar-refractivity contribution < 1.29 is 14.3 Å². The number of carbonyl (C=O) groups is 1. The van der Waals surface area contributed by atoms with E-state index in [-0.39, 0.29) is 18.1 Å². The highest BCUT2D eigenvalue weighted by atomic mass is 16.5. The average Bonchev–Trinajstić information content (AvgIpc) is 3.11. The van der Waals surface area contributed by atoms with Gasteiger partial charge in [-0.1, -0.05) is 19.4 Å². The SMILES string of the molecule is CCCc1[nH]ncc1C(=O)N[C@@H]1CCOC[C@H]1OCc1ccccn1. The normalized spacial score (nSPS) is 20.4. The van der Waals surface area contributed by atoms with E-state index in [4.69, 9.17) is 9.47 Å². The van der Waals surface area contributed by atoms with Crippen molar-refractivity contribution in [2.24, 2.45) is 0 Å². The van der Waals surface area contributed by atoms with Crippen LogP contribution in [0.5, 0.6) is 0 Å². The Morgan fingerprint density at radius 2 is 2.40 bits per heavy atom. The van der Waals surface area contributed by atoms with E-state index in [1.54, 1.807) is 12.4 Å². The number of nitrogens with zero attached hydrogens (tertiary/aromatic N) is 2. The number of H-pyrrole nitrogens is 1. The van der Waals surface area contributed by atoms with Crippen LogP contribution in [0.3, 0.4) is 0 Å². The van der Waals surface area contributed by atoms with Crippen molar-refractivity contribution in [2.75, 3.05) is 13.2 Å². The van der Waals surface area contributed by atoms with Gasteiger partial charge < -0.3 is 14.8 Å². The Labute approximate surface area is 147 Å². The Kier molecular flexibility index (Phi) is 6.14. The molecule has 3 rings (SSSR count). The van der Waals surface area contributed by atoms with E-state index < -0.39 is 0 Å². The van der Waals surface area contributed by atoms with E-state index >= 15 is 0 Å². The van der Waals surface area contributed by atoms with Gasteiger partial charge in [0.2, 0.25) is 0 Å². The first-order valence-corrected chi connectivity index (χ1v) is 8.70. The summed E-state index contributed by atoms with van der Waals surface area (Å²) in [5.41, 5.74) is 2.34. The van der Waals surface area contributed by atoms with Gasteiger partial charge >= 0.3 is 0 Å². The molecule has 1 aliphatic heterocycles. The Morgan fingerprint density at radius 3 is 3.20 bits per heavy atom. The number of aryl methyl sites for hydroxylation is 1. The molecule has 0 saturated carbocycles. The number of hydrogen-bond donors (Lipinski definition) is 2. The smallest absolute Gasteiger partial charge is 0.255 e. The van der Waals surface area contributed by atoms with Crippen LogP contribution in [0.4, 0.5) is 0 Å². The third kappa shape index (κ3) is 4.64. The maximum absolute atomic E-state index is 12.6. The molecular formula is C18H24N4O3. The predicted octanol–water partition coefficient (Wildman–Crippen LogP) is 1.86. The first kappa shape index (κ1) is 17.6. The van der Waals surface area contributed by atoms with Gasteiger partial charge in [0.05, 0.1) is 36.7 Å². The average molecular weight is 344 g/mol. The molecule has 0 spiro atoms. The maximum Gasteiger partial charge on any atom is 0.255 e.